The van der Waals surface area contributed by atoms with Gasteiger partial charge in [-0.1, -0.05) is 64.8 Å². The van der Waals surface area contributed by atoms with Gasteiger partial charge in [0.1, 0.15) is 5.78 Å². The second-order valence-electron chi connectivity index (χ2n) is 6.40. The standard InChI is InChI=1S/C16H29NO5.5CH4.GeH4/c1-11(13(19)22-10-21-7)8-9-16(5,12(2)18)15(3,4)14(20)17-6;;;;;;/h11H,8-10H2,1-7H3,(H,17,20);6*1H4. The van der Waals surface area contributed by atoms with Crippen LogP contribution in [-0.2, 0) is 23.9 Å². The first kappa shape index (κ1) is 45.7. The molecule has 1 N–H and O–H groups in total. The minimum absolute atomic E-state index is 0. The van der Waals surface area contributed by atoms with Crippen molar-refractivity contribution in [3.63, 3.8) is 0 Å². The van der Waals surface area contributed by atoms with Gasteiger partial charge in [-0.05, 0) is 19.8 Å². The summed E-state index contributed by atoms with van der Waals surface area (Å²) in [5.41, 5.74) is -1.73. The number of hydrogen-bond acceptors (Lipinski definition) is 5. The van der Waals surface area contributed by atoms with Crippen LogP contribution in [0, 0.1) is 16.7 Å². The molecule has 0 heterocycles. The predicted octanol–water partition coefficient (Wildman–Crippen LogP) is 3.65. The fourth-order valence-corrected chi connectivity index (χ4v) is 2.37. The fourth-order valence-electron chi connectivity index (χ4n) is 2.37. The van der Waals surface area contributed by atoms with Crippen LogP contribution >= 0.6 is 0 Å². The normalized spacial score (nSPS) is 12.2. The van der Waals surface area contributed by atoms with Gasteiger partial charge in [0.25, 0.3) is 0 Å². The molecule has 7 heteroatoms. The fraction of sp³-hybridized carbons (Fsp3) is 0.857. The molecule has 2 unspecified atom stereocenters. The van der Waals surface area contributed by atoms with Gasteiger partial charge in [0, 0.05) is 19.6 Å². The van der Waals surface area contributed by atoms with Gasteiger partial charge in [-0.2, -0.15) is 0 Å². The van der Waals surface area contributed by atoms with E-state index in [0.29, 0.717) is 12.8 Å². The van der Waals surface area contributed by atoms with E-state index in [2.05, 4.69) is 5.32 Å². The number of carbonyl (C=O) groups excluding carboxylic acids is 3. The van der Waals surface area contributed by atoms with E-state index in [1.165, 1.54) is 14.0 Å². The molecule has 0 aromatic carbocycles. The van der Waals surface area contributed by atoms with Crippen LogP contribution in [0.4, 0.5) is 0 Å². The minimum atomic E-state index is -0.871. The maximum absolute atomic E-state index is 12.2. The summed E-state index contributed by atoms with van der Waals surface area (Å²) in [6, 6.07) is 0. The Hall–Kier alpha value is -0.887. The van der Waals surface area contributed by atoms with Crippen molar-refractivity contribution in [2.75, 3.05) is 21.0 Å². The number of carbonyl (C=O) groups is 3. The zero-order chi connectivity index (χ0) is 17.6. The Morgan fingerprint density at radius 2 is 1.43 bits per heavy atom. The SMILES string of the molecule is C.C.C.C.C.CNC(=O)C(C)(C)C(C)(CCC(C)C(=O)OCOC)C(C)=O.[GeH4]. The van der Waals surface area contributed by atoms with Crippen LogP contribution in [0.15, 0.2) is 0 Å². The third kappa shape index (κ3) is 11.2. The van der Waals surface area contributed by atoms with Crippen LogP contribution in [0.5, 0.6) is 0 Å². The quantitative estimate of drug-likeness (QED) is 0.315. The van der Waals surface area contributed by atoms with Gasteiger partial charge in [0.2, 0.25) is 5.91 Å². The molecule has 0 aliphatic rings. The molecule has 176 valence electrons. The van der Waals surface area contributed by atoms with Crippen molar-refractivity contribution < 1.29 is 23.9 Å². The van der Waals surface area contributed by atoms with E-state index in [0.717, 1.165) is 0 Å². The number of amides is 1. The number of nitrogens with one attached hydrogen (secondary N) is 1. The Morgan fingerprint density at radius 1 is 1.00 bits per heavy atom. The average molecular weight is 472 g/mol. The molecule has 1 amide bonds. The van der Waals surface area contributed by atoms with E-state index in [4.69, 9.17) is 9.47 Å². The molecule has 0 bridgehead atoms. The zero-order valence-electron chi connectivity index (χ0n) is 14.7. The molecule has 6 nitrogen and oxygen atoms in total. The Labute approximate surface area is 186 Å². The predicted molar refractivity (Wildman–Crippen MR) is 128 cm³/mol. The Morgan fingerprint density at radius 3 is 1.75 bits per heavy atom. The van der Waals surface area contributed by atoms with Crippen molar-refractivity contribution in [3.8, 4) is 0 Å². The van der Waals surface area contributed by atoms with Crippen molar-refractivity contribution in [3.05, 3.63) is 0 Å². The van der Waals surface area contributed by atoms with E-state index in [1.807, 2.05) is 0 Å². The first-order valence-corrected chi connectivity index (χ1v) is 7.43. The maximum atomic E-state index is 12.2. The van der Waals surface area contributed by atoms with E-state index < -0.39 is 10.8 Å². The summed E-state index contributed by atoms with van der Waals surface area (Å²) in [5.74, 6) is -1.00. The van der Waals surface area contributed by atoms with Crippen LogP contribution in [0.2, 0.25) is 0 Å². The summed E-state index contributed by atoms with van der Waals surface area (Å²) in [6.45, 7) is 8.42. The molecule has 0 rings (SSSR count). The Bertz CT molecular complexity index is 427. The zero-order valence-corrected chi connectivity index (χ0v) is 14.7. The van der Waals surface area contributed by atoms with Gasteiger partial charge in [-0.25, -0.2) is 0 Å². The van der Waals surface area contributed by atoms with Crippen molar-refractivity contribution in [2.45, 2.75) is 84.6 Å². The number of methoxy groups -OCH3 is 1. The van der Waals surface area contributed by atoms with E-state index in [9.17, 15) is 14.4 Å². The number of Topliss-reactive ketones (excluding diaryl/α,β-unsaturated/α-hetero) is 1. The molecule has 0 saturated heterocycles. The summed E-state index contributed by atoms with van der Waals surface area (Å²) < 4.78 is 9.60. The van der Waals surface area contributed by atoms with Crippen LogP contribution in [-0.4, -0.2) is 56.2 Å². The molecule has 0 aromatic rings. The second-order valence-corrected chi connectivity index (χ2v) is 6.40. The van der Waals surface area contributed by atoms with Crippen molar-refractivity contribution in [2.24, 2.45) is 16.7 Å². The van der Waals surface area contributed by atoms with Gasteiger partial charge in [-0.3, -0.25) is 14.4 Å². The van der Waals surface area contributed by atoms with Crippen LogP contribution in [0.1, 0.15) is 84.6 Å². The number of ketones is 1. The Kier molecular flexibility index (Phi) is 31.7. The van der Waals surface area contributed by atoms with Gasteiger partial charge in [0.05, 0.1) is 11.3 Å². The topological polar surface area (TPSA) is 81.7 Å². The molecular weight excluding hydrogens is 419 g/mol. The summed E-state index contributed by atoms with van der Waals surface area (Å²) in [4.78, 5) is 36.1. The van der Waals surface area contributed by atoms with Crippen LogP contribution in [0.25, 0.3) is 0 Å². The molecule has 0 saturated carbocycles. The van der Waals surface area contributed by atoms with Crippen LogP contribution in [0.3, 0.4) is 0 Å². The van der Waals surface area contributed by atoms with E-state index >= 15 is 0 Å². The van der Waals surface area contributed by atoms with Gasteiger partial charge < -0.3 is 14.8 Å². The van der Waals surface area contributed by atoms with Gasteiger partial charge >= 0.3 is 23.6 Å². The molecule has 0 aliphatic carbocycles. The number of hydrogen-bond donors (Lipinski definition) is 1. The summed E-state index contributed by atoms with van der Waals surface area (Å²) in [7, 11) is 2.99. The van der Waals surface area contributed by atoms with Gasteiger partial charge in [0.15, 0.2) is 6.79 Å². The molecule has 0 radical (unpaired) electrons. The summed E-state index contributed by atoms with van der Waals surface area (Å²) in [5, 5.41) is 2.60. The summed E-state index contributed by atoms with van der Waals surface area (Å²) >= 11 is 0. The second kappa shape index (κ2) is 19.4. The molecule has 0 aliphatic heterocycles. The summed E-state index contributed by atoms with van der Waals surface area (Å²) in [6.07, 6.45) is 0.880. The number of ether oxygens (including phenoxy) is 2. The molecule has 28 heavy (non-hydrogen) atoms. The molecule has 0 fully saturated rings. The van der Waals surface area contributed by atoms with Crippen molar-refractivity contribution >= 4 is 35.3 Å². The molecule has 2 atom stereocenters. The molecule has 0 spiro atoms. The molecule has 0 aromatic heterocycles. The molecular formula is C21H53GeNO5. The van der Waals surface area contributed by atoms with Crippen molar-refractivity contribution in [1.29, 1.82) is 0 Å². The first-order chi connectivity index (χ1) is 10.0. The monoisotopic (exact) mass is 473 g/mol. The first-order valence-electron chi connectivity index (χ1n) is 7.43. The Balaban J connectivity index is -0.000000147. The van der Waals surface area contributed by atoms with E-state index in [-0.39, 0.29) is 85.1 Å². The van der Waals surface area contributed by atoms with Crippen LogP contribution < -0.4 is 5.32 Å². The number of esters is 1. The number of rotatable bonds is 9. The van der Waals surface area contributed by atoms with Crippen molar-refractivity contribution in [1.82, 2.24) is 5.32 Å². The third-order valence-electron chi connectivity index (χ3n) is 4.75. The van der Waals surface area contributed by atoms with Gasteiger partial charge in [-0.15, -0.1) is 0 Å². The van der Waals surface area contributed by atoms with E-state index in [1.54, 1.807) is 34.7 Å². The third-order valence-corrected chi connectivity index (χ3v) is 4.75. The average Bonchev–Trinajstić information content (AvgIpc) is 2.47.